The molecule has 0 amide bonds. The zero-order valence-electron chi connectivity index (χ0n) is 34.6. The van der Waals surface area contributed by atoms with Crippen LogP contribution in [0.2, 0.25) is 0 Å². The Kier molecular flexibility index (Phi) is 15.2. The Bertz CT molecular complexity index is 1250. The first-order valence-electron chi connectivity index (χ1n) is 20.9. The van der Waals surface area contributed by atoms with E-state index in [1.54, 1.807) is 13.0 Å². The van der Waals surface area contributed by atoms with E-state index in [4.69, 9.17) is 23.7 Å². The van der Waals surface area contributed by atoms with Gasteiger partial charge >= 0.3 is 0 Å². The number of carbonyl (C=O) groups is 1. The average Bonchev–Trinajstić information content (AvgIpc) is 3.45. The molecule has 2 spiro atoms. The minimum absolute atomic E-state index is 0. The van der Waals surface area contributed by atoms with Crippen LogP contribution in [-0.4, -0.2) is 86.6 Å². The molecule has 0 saturated carbocycles. The summed E-state index contributed by atoms with van der Waals surface area (Å²) in [5.41, 5.74) is -1.53. The van der Waals surface area contributed by atoms with Gasteiger partial charge in [0.05, 0.1) is 35.6 Å². The first-order valence-corrected chi connectivity index (χ1v) is 20.9. The number of aliphatic hydroxyl groups excluding tert-OH is 2. The smallest absolute Gasteiger partial charge is 0.202 e. The van der Waals surface area contributed by atoms with Gasteiger partial charge < -0.3 is 45.4 Å². The van der Waals surface area contributed by atoms with E-state index < -0.39 is 35.0 Å². The zero-order valence-corrected chi connectivity index (χ0v) is 37.5. The molecule has 53 heavy (non-hydrogen) atoms. The minimum atomic E-state index is -1.27. The molecule has 4 saturated heterocycles. The van der Waals surface area contributed by atoms with Gasteiger partial charge in [-0.05, 0) is 96.1 Å². The van der Waals surface area contributed by atoms with Crippen LogP contribution in [0.1, 0.15) is 140 Å². The third-order valence-electron chi connectivity index (χ3n) is 14.5. The third kappa shape index (κ3) is 8.94. The summed E-state index contributed by atoms with van der Waals surface area (Å²) < 4.78 is 34.0. The van der Waals surface area contributed by atoms with Crippen molar-refractivity contribution in [2.45, 2.75) is 206 Å². The summed E-state index contributed by atoms with van der Waals surface area (Å²) in [6.45, 7) is 22.6. The van der Waals surface area contributed by atoms with Crippen LogP contribution in [0, 0.1) is 47.8 Å². The summed E-state index contributed by atoms with van der Waals surface area (Å²) >= 11 is 0. The van der Waals surface area contributed by atoms with Crippen molar-refractivity contribution in [3.05, 3.63) is 18.6 Å². The third-order valence-corrected chi connectivity index (χ3v) is 14.5. The molecule has 0 radical (unpaired) electrons. The van der Waals surface area contributed by atoms with E-state index in [2.05, 4.69) is 54.9 Å². The topological polar surface area (TPSA) is 124 Å². The Morgan fingerprint density at radius 2 is 1.64 bits per heavy atom. The van der Waals surface area contributed by atoms with Crippen LogP contribution >= 0.6 is 0 Å². The first-order chi connectivity index (χ1) is 24.4. The van der Waals surface area contributed by atoms with E-state index in [0.717, 1.165) is 32.1 Å². The van der Waals surface area contributed by atoms with Crippen molar-refractivity contribution >= 4 is 5.78 Å². The molecule has 306 valence electrons. The molecule has 5 rings (SSSR count). The molecular weight excluding hydrogens is 844 g/mol. The summed E-state index contributed by atoms with van der Waals surface area (Å²) in [6.07, 6.45) is 10.9. The number of rotatable bonds is 12. The van der Waals surface area contributed by atoms with Crippen LogP contribution in [0.3, 0.4) is 0 Å². The average molecular weight is 918 g/mol. The van der Waals surface area contributed by atoms with Crippen LogP contribution in [0.5, 0.6) is 0 Å². The number of aliphatic hydroxyl groups is 3. The normalized spacial score (nSPS) is 46.0. The molecule has 0 aromatic carbocycles. The fourth-order valence-corrected chi connectivity index (χ4v) is 10.6. The maximum atomic E-state index is 12.4. The molecule has 18 atom stereocenters. The molecule has 0 aromatic rings. The fraction of sp³-hybridized carbons (Fsp3) is 0.907. The minimum Gasteiger partial charge on any atom is -0.395 e. The molecule has 0 aliphatic carbocycles. The van der Waals surface area contributed by atoms with Crippen molar-refractivity contribution < 1.29 is 64.9 Å². The van der Waals surface area contributed by atoms with Crippen LogP contribution in [-0.2, 0) is 49.5 Å². The Labute approximate surface area is 335 Å². The predicted molar refractivity (Wildman–Crippen MR) is 201 cm³/mol. The quantitative estimate of drug-likeness (QED) is 0.137. The van der Waals surface area contributed by atoms with Crippen LogP contribution in [0.15, 0.2) is 12.2 Å². The van der Waals surface area contributed by atoms with Gasteiger partial charge in [0.15, 0.2) is 5.79 Å². The molecule has 4 fully saturated rings. The molecule has 5 heterocycles. The first kappa shape index (κ1) is 45.5. The molecule has 3 N–H and O–H groups in total. The van der Waals surface area contributed by atoms with Gasteiger partial charge in [0.25, 0.3) is 0 Å². The second-order valence-electron chi connectivity index (χ2n) is 18.1. The maximum absolute atomic E-state index is 12.4. The van der Waals surface area contributed by atoms with E-state index in [1.807, 2.05) is 26.8 Å². The van der Waals surface area contributed by atoms with Gasteiger partial charge in [-0.15, -0.1) is 11.8 Å². The van der Waals surface area contributed by atoms with Crippen molar-refractivity contribution in [1.82, 2.24) is 0 Å². The van der Waals surface area contributed by atoms with Crippen molar-refractivity contribution in [2.75, 3.05) is 0 Å². The number of ether oxygens (including phenoxy) is 5. The Morgan fingerprint density at radius 3 is 2.25 bits per heavy atom. The van der Waals surface area contributed by atoms with Crippen LogP contribution < -0.4 is 0 Å². The number of hydrogen-bond acceptors (Lipinski definition) is 9. The van der Waals surface area contributed by atoms with Gasteiger partial charge in [-0.25, -0.2) is 0 Å². The van der Waals surface area contributed by atoms with Crippen LogP contribution in [0.25, 0.3) is 0 Å². The van der Waals surface area contributed by atoms with E-state index in [-0.39, 0.29) is 92.9 Å². The molecule has 10 heteroatoms. The van der Waals surface area contributed by atoms with Gasteiger partial charge in [0.1, 0.15) is 11.9 Å². The molecular formula is C43H73O9W-. The number of ketones is 1. The van der Waals surface area contributed by atoms with Crippen molar-refractivity contribution in [3.8, 4) is 0 Å². The largest absolute Gasteiger partial charge is 0.395 e. The van der Waals surface area contributed by atoms with Crippen molar-refractivity contribution in [1.29, 1.82) is 0 Å². The molecule has 5 aliphatic rings. The number of Topliss-reactive ketones (excluding diaryl/α,β-unsaturated/α-hetero) is 1. The monoisotopic (exact) mass is 917 g/mol. The Balaban J connectivity index is 0.00000627. The summed E-state index contributed by atoms with van der Waals surface area (Å²) in [5, 5.41) is 34.3. The molecule has 9 nitrogen and oxygen atoms in total. The standard InChI is InChI=1S/C43H73O9.W/c1-12-32(24-26(5)37(46)29(8)38-25(4)15-16-34(49-38)33(13-2)30(9)44)39-27(6)23-28(7)42(50-39)20-17-35(45)43(52-42)22-21-40(11,51-43)36-18-19-41(47,14-3)31(10)48-36;/h17,20,24-29,31-39,45-47H,12-16,18-19,21-23H2,1-11H3;/q-1;/t25-,26+,27-,28+,29-,31-,32-,33?,34+,35+,36+,37+,38?,39-,40-,41+,42-,43-;/m0./s1. The molecule has 5 aliphatic heterocycles. The molecule has 0 aromatic heterocycles. The SMILES string of the molecule is CCC(C(C)=O)[C@H]1CC[C@H](C)C([C@@H](C)[C@H](O)[C@H](C)[CH-][C@H](CC)[C@H]2O[C@]3(C=C[C@@H](O)[C@]4(CC[C@@](C)([C@H]5CC[C@](O)(CC)[C@H](C)O5)O4)O3)[C@H](C)C[C@@H]2C)O1.[W]. The van der Waals surface area contributed by atoms with Crippen molar-refractivity contribution in [2.24, 2.45) is 41.4 Å². The fourth-order valence-electron chi connectivity index (χ4n) is 10.6. The Hall–Kier alpha value is -0.222. The number of carbonyl (C=O) groups excluding carboxylic acids is 1. The van der Waals surface area contributed by atoms with E-state index in [0.29, 0.717) is 38.0 Å². The van der Waals surface area contributed by atoms with Crippen molar-refractivity contribution in [3.63, 3.8) is 0 Å². The van der Waals surface area contributed by atoms with Gasteiger partial charge in [0.2, 0.25) is 5.79 Å². The second-order valence-corrected chi connectivity index (χ2v) is 18.1. The summed E-state index contributed by atoms with van der Waals surface area (Å²) in [5.74, 6) is -1.87. The summed E-state index contributed by atoms with van der Waals surface area (Å²) in [4.78, 5) is 12.4. The van der Waals surface area contributed by atoms with E-state index in [9.17, 15) is 20.1 Å². The van der Waals surface area contributed by atoms with E-state index >= 15 is 0 Å². The molecule has 2 unspecified atom stereocenters. The maximum Gasteiger partial charge on any atom is 0.202 e. The zero-order chi connectivity index (χ0) is 38.4. The van der Waals surface area contributed by atoms with Crippen LogP contribution in [0.4, 0.5) is 0 Å². The van der Waals surface area contributed by atoms with Gasteiger partial charge in [0, 0.05) is 57.4 Å². The van der Waals surface area contributed by atoms with Gasteiger partial charge in [-0.1, -0.05) is 61.8 Å². The number of hydrogen-bond donors (Lipinski definition) is 3. The second kappa shape index (κ2) is 17.7. The van der Waals surface area contributed by atoms with Gasteiger partial charge in [-0.2, -0.15) is 0 Å². The summed E-state index contributed by atoms with van der Waals surface area (Å²) in [6, 6.07) is 0. The Morgan fingerprint density at radius 1 is 0.943 bits per heavy atom. The van der Waals surface area contributed by atoms with E-state index in [1.165, 1.54) is 0 Å². The predicted octanol–water partition coefficient (Wildman–Crippen LogP) is 7.33. The molecule has 0 bridgehead atoms. The van der Waals surface area contributed by atoms with Gasteiger partial charge in [-0.3, -0.25) is 4.79 Å². The summed E-state index contributed by atoms with van der Waals surface area (Å²) in [7, 11) is 0.